The number of nitrogens with zero attached hydrogens (tertiary/aromatic N) is 1. The molecule has 0 aliphatic carbocycles. The molecule has 0 radical (unpaired) electrons. The molecule has 1 heterocycles. The van der Waals surface area contributed by atoms with Gasteiger partial charge in [0.1, 0.15) is 11.7 Å². The van der Waals surface area contributed by atoms with Gasteiger partial charge in [0, 0.05) is 11.5 Å². The van der Waals surface area contributed by atoms with Gasteiger partial charge in [0.25, 0.3) is 0 Å². The molecule has 1 fully saturated rings. The molecule has 27 heavy (non-hydrogen) atoms. The summed E-state index contributed by atoms with van der Waals surface area (Å²) in [6, 6.07) is 16.5. The zero-order valence-electron chi connectivity index (χ0n) is 15.2. The monoisotopic (exact) mass is 386 g/mol. The van der Waals surface area contributed by atoms with Crippen LogP contribution in [0, 0.1) is 5.92 Å². The average molecular weight is 386 g/mol. The first kappa shape index (κ1) is 19.3. The molecule has 7 heteroatoms. The summed E-state index contributed by atoms with van der Waals surface area (Å²) in [5, 5.41) is 0. The summed E-state index contributed by atoms with van der Waals surface area (Å²) in [5.74, 6) is -1.07. The number of carbonyl (C=O) groups excluding carboxylic acids is 2. The highest BCUT2D eigenvalue weighted by Crippen LogP contribution is 2.47. The van der Waals surface area contributed by atoms with Gasteiger partial charge in [-0.15, -0.1) is 0 Å². The van der Waals surface area contributed by atoms with Gasteiger partial charge in [-0.1, -0.05) is 36.4 Å². The van der Waals surface area contributed by atoms with E-state index in [9.17, 15) is 9.59 Å². The summed E-state index contributed by atoms with van der Waals surface area (Å²) in [4.78, 5) is 25.1. The molecule has 0 saturated carbocycles. The highest BCUT2D eigenvalue weighted by molar-refractivity contribution is 7.97. The zero-order valence-corrected chi connectivity index (χ0v) is 16.0. The molecule has 6 nitrogen and oxygen atoms in total. The number of benzene rings is 2. The van der Waals surface area contributed by atoms with Crippen molar-refractivity contribution in [3.8, 4) is 5.75 Å². The molecule has 142 valence electrons. The van der Waals surface area contributed by atoms with Crippen LogP contribution < -0.4 is 10.5 Å². The predicted octanol–water partition coefficient (Wildman–Crippen LogP) is 3.14. The third-order valence-corrected chi connectivity index (χ3v) is 5.28. The molecule has 0 spiro atoms. The third kappa shape index (κ3) is 4.26. The maximum absolute atomic E-state index is 12.5. The van der Waals surface area contributed by atoms with Crippen LogP contribution in [0.3, 0.4) is 0 Å². The van der Waals surface area contributed by atoms with Gasteiger partial charge in [0.05, 0.1) is 6.04 Å². The first-order valence-electron chi connectivity index (χ1n) is 8.75. The Balaban J connectivity index is 1.78. The average Bonchev–Trinajstić information content (AvgIpc) is 2.64. The summed E-state index contributed by atoms with van der Waals surface area (Å²) >= 11 is 1.27. The second-order valence-corrected chi connectivity index (χ2v) is 7.15. The van der Waals surface area contributed by atoms with Crippen molar-refractivity contribution in [3.63, 3.8) is 0 Å². The van der Waals surface area contributed by atoms with E-state index >= 15 is 0 Å². The Morgan fingerprint density at radius 3 is 2.63 bits per heavy atom. The van der Waals surface area contributed by atoms with Crippen LogP contribution in [-0.2, 0) is 14.3 Å². The second-order valence-electron chi connectivity index (χ2n) is 6.11. The summed E-state index contributed by atoms with van der Waals surface area (Å²) < 4.78 is 12.7. The van der Waals surface area contributed by atoms with Crippen molar-refractivity contribution in [2.75, 3.05) is 6.61 Å². The van der Waals surface area contributed by atoms with Crippen LogP contribution in [-0.4, -0.2) is 29.0 Å². The topological polar surface area (TPSA) is 81.9 Å². The molecule has 0 aromatic heterocycles. The van der Waals surface area contributed by atoms with E-state index in [2.05, 4.69) is 0 Å². The van der Waals surface area contributed by atoms with Gasteiger partial charge >= 0.3 is 0 Å². The predicted molar refractivity (Wildman–Crippen MR) is 103 cm³/mol. The summed E-state index contributed by atoms with van der Waals surface area (Å²) in [6.07, 6.45) is -0.364. The van der Waals surface area contributed by atoms with Crippen LogP contribution in [0.15, 0.2) is 59.5 Å². The summed E-state index contributed by atoms with van der Waals surface area (Å²) in [7, 11) is 0. The Bertz CT molecular complexity index is 815. The standard InChI is InChI=1S/C20H22N2O4S/c1-3-25-13(2)26-15-10-7-11-16(12-15)27-22-18(14-8-5-4-6-9-14)17(19(21)23)20(22)24/h4-13,17-18H,3H2,1-2H3,(H2,21,23)/t13?,17-,18-/m1/s1. The lowest BCUT2D eigenvalue weighted by Crippen LogP contribution is -2.56. The number of hydrogen-bond acceptors (Lipinski definition) is 5. The smallest absolute Gasteiger partial charge is 0.248 e. The van der Waals surface area contributed by atoms with E-state index in [0.29, 0.717) is 12.4 Å². The van der Waals surface area contributed by atoms with Crippen molar-refractivity contribution in [1.82, 2.24) is 4.31 Å². The lowest BCUT2D eigenvalue weighted by molar-refractivity contribution is -0.152. The zero-order chi connectivity index (χ0) is 19.4. The van der Waals surface area contributed by atoms with Gasteiger partial charge in [-0.05, 0) is 49.6 Å². The molecule has 0 bridgehead atoms. The van der Waals surface area contributed by atoms with Crippen molar-refractivity contribution in [1.29, 1.82) is 0 Å². The van der Waals surface area contributed by atoms with Gasteiger partial charge in [-0.3, -0.25) is 13.9 Å². The molecule has 3 rings (SSSR count). The molecule has 1 aliphatic heterocycles. The van der Waals surface area contributed by atoms with Crippen molar-refractivity contribution >= 4 is 23.8 Å². The molecule has 1 aliphatic rings. The first-order valence-corrected chi connectivity index (χ1v) is 9.52. The van der Waals surface area contributed by atoms with Crippen molar-refractivity contribution in [2.24, 2.45) is 11.7 Å². The van der Waals surface area contributed by atoms with Gasteiger partial charge in [-0.25, -0.2) is 0 Å². The first-order chi connectivity index (χ1) is 13.0. The van der Waals surface area contributed by atoms with Crippen LogP contribution in [0.25, 0.3) is 0 Å². The van der Waals surface area contributed by atoms with Gasteiger partial charge < -0.3 is 15.2 Å². The number of β-lactam (4-membered cyclic amide) rings is 1. The van der Waals surface area contributed by atoms with E-state index < -0.39 is 11.8 Å². The second kappa shape index (κ2) is 8.45. The number of ether oxygens (including phenoxy) is 2. The van der Waals surface area contributed by atoms with E-state index in [1.165, 1.54) is 11.9 Å². The Hall–Kier alpha value is -2.51. The minimum Gasteiger partial charge on any atom is -0.465 e. The summed E-state index contributed by atoms with van der Waals surface area (Å²) in [6.45, 7) is 4.29. The maximum Gasteiger partial charge on any atom is 0.248 e. The molecule has 2 N–H and O–H groups in total. The quantitative estimate of drug-likeness (QED) is 0.326. The fourth-order valence-corrected chi connectivity index (χ4v) is 4.09. The largest absolute Gasteiger partial charge is 0.465 e. The van der Waals surface area contributed by atoms with Crippen LogP contribution >= 0.6 is 11.9 Å². The fourth-order valence-electron chi connectivity index (χ4n) is 3.00. The van der Waals surface area contributed by atoms with Gasteiger partial charge in [0.2, 0.25) is 11.8 Å². The van der Waals surface area contributed by atoms with Crippen LogP contribution in [0.1, 0.15) is 25.5 Å². The lowest BCUT2D eigenvalue weighted by atomic mass is 9.84. The Morgan fingerprint density at radius 1 is 1.22 bits per heavy atom. The van der Waals surface area contributed by atoms with Crippen molar-refractivity contribution in [3.05, 3.63) is 60.2 Å². The summed E-state index contributed by atoms with van der Waals surface area (Å²) in [5.41, 5.74) is 6.33. The number of rotatable bonds is 8. The van der Waals surface area contributed by atoms with E-state index in [-0.39, 0.29) is 18.2 Å². The minimum absolute atomic E-state index is 0.282. The van der Waals surface area contributed by atoms with Crippen LogP contribution in [0.4, 0.5) is 0 Å². The van der Waals surface area contributed by atoms with E-state index in [0.717, 1.165) is 10.5 Å². The highest BCUT2D eigenvalue weighted by Gasteiger charge is 2.52. The Kier molecular flexibility index (Phi) is 6.03. The molecule has 3 atom stereocenters. The van der Waals surface area contributed by atoms with Crippen LogP contribution in [0.2, 0.25) is 0 Å². The number of hydrogen-bond donors (Lipinski definition) is 1. The Morgan fingerprint density at radius 2 is 1.96 bits per heavy atom. The minimum atomic E-state index is -0.836. The molecule has 2 aromatic carbocycles. The SMILES string of the molecule is CCOC(C)Oc1cccc(SN2C(=O)[C@@H](C(N)=O)[C@H]2c2ccccc2)c1. The molecule has 1 unspecified atom stereocenters. The number of primary amides is 1. The van der Waals surface area contributed by atoms with Gasteiger partial charge in [0.15, 0.2) is 6.29 Å². The Labute approximate surface area is 162 Å². The van der Waals surface area contributed by atoms with E-state index in [1.807, 2.05) is 68.4 Å². The van der Waals surface area contributed by atoms with Crippen LogP contribution in [0.5, 0.6) is 5.75 Å². The molecule has 2 aromatic rings. The number of carbonyl (C=O) groups is 2. The normalized spacial score (nSPS) is 20.1. The van der Waals surface area contributed by atoms with E-state index in [1.54, 1.807) is 4.31 Å². The molecular formula is C20H22N2O4S. The molecule has 2 amide bonds. The lowest BCUT2D eigenvalue weighted by Gasteiger charge is -2.44. The third-order valence-electron chi connectivity index (χ3n) is 4.21. The van der Waals surface area contributed by atoms with Crippen molar-refractivity contribution in [2.45, 2.75) is 31.1 Å². The van der Waals surface area contributed by atoms with E-state index in [4.69, 9.17) is 15.2 Å². The molecular weight excluding hydrogens is 364 g/mol. The van der Waals surface area contributed by atoms with Gasteiger partial charge in [-0.2, -0.15) is 0 Å². The van der Waals surface area contributed by atoms with Crippen molar-refractivity contribution < 1.29 is 19.1 Å². The number of amides is 2. The number of nitrogens with two attached hydrogens (primary N) is 1. The maximum atomic E-state index is 12.5. The fraction of sp³-hybridized carbons (Fsp3) is 0.300. The molecule has 1 saturated heterocycles. The highest BCUT2D eigenvalue weighted by atomic mass is 32.2.